The van der Waals surface area contributed by atoms with Crippen molar-refractivity contribution in [1.82, 2.24) is 9.71 Å². The summed E-state index contributed by atoms with van der Waals surface area (Å²) in [6.45, 7) is 2.77. The number of ether oxygens (including phenoxy) is 1. The second kappa shape index (κ2) is 7.94. The molecule has 1 amide bonds. The number of hydrogen-bond acceptors (Lipinski definition) is 5. The number of hydrogen-bond donors (Lipinski definition) is 2. The molecule has 0 unspecified atom stereocenters. The fourth-order valence-electron chi connectivity index (χ4n) is 2.67. The zero-order chi connectivity index (χ0) is 18.6. The van der Waals surface area contributed by atoms with Crippen molar-refractivity contribution in [3.8, 4) is 0 Å². The van der Waals surface area contributed by atoms with Gasteiger partial charge in [-0.3, -0.25) is 4.79 Å². The third-order valence-corrected chi connectivity index (χ3v) is 5.63. The van der Waals surface area contributed by atoms with Crippen molar-refractivity contribution in [1.29, 1.82) is 0 Å². The molecule has 2 aromatic rings. The standard InChI is InChI=1S/C18H21N3O4S/c1-13-4-2-10-19-17(13)21-18(22)14-6-8-16(9-7-14)26(23,24)20-12-15-5-3-11-25-15/h2,4,6-10,15,20H,3,5,11-12H2,1H3,(H,19,21,22)/t15-/m0/s1. The van der Waals surface area contributed by atoms with E-state index >= 15 is 0 Å². The Morgan fingerprint density at radius 1 is 1.27 bits per heavy atom. The SMILES string of the molecule is Cc1cccnc1NC(=O)c1ccc(S(=O)(=O)NC[C@@H]2CCCO2)cc1. The van der Waals surface area contributed by atoms with Crippen molar-refractivity contribution in [3.63, 3.8) is 0 Å². The number of nitrogens with zero attached hydrogens (tertiary/aromatic N) is 1. The quantitative estimate of drug-likeness (QED) is 0.806. The van der Waals surface area contributed by atoms with Gasteiger partial charge in [-0.15, -0.1) is 0 Å². The molecule has 1 aromatic heterocycles. The number of aromatic nitrogens is 1. The Hall–Kier alpha value is -2.29. The summed E-state index contributed by atoms with van der Waals surface area (Å²) in [7, 11) is -3.63. The lowest BCUT2D eigenvalue weighted by molar-refractivity contribution is 0.102. The maximum atomic E-state index is 12.3. The van der Waals surface area contributed by atoms with Gasteiger partial charge < -0.3 is 10.1 Å². The lowest BCUT2D eigenvalue weighted by atomic mass is 10.2. The highest BCUT2D eigenvalue weighted by Crippen LogP contribution is 2.15. The van der Waals surface area contributed by atoms with E-state index in [0.29, 0.717) is 18.0 Å². The number of carbonyl (C=O) groups excluding carboxylic acids is 1. The minimum atomic E-state index is -3.63. The second-order valence-electron chi connectivity index (χ2n) is 6.13. The van der Waals surface area contributed by atoms with E-state index in [0.717, 1.165) is 18.4 Å². The van der Waals surface area contributed by atoms with E-state index < -0.39 is 10.0 Å². The summed E-state index contributed by atoms with van der Waals surface area (Å²) in [5, 5.41) is 2.72. The summed E-state index contributed by atoms with van der Waals surface area (Å²) in [5.41, 5.74) is 1.20. The van der Waals surface area contributed by atoms with Crippen LogP contribution in [0.4, 0.5) is 5.82 Å². The first kappa shape index (κ1) is 18.5. The first-order chi connectivity index (χ1) is 12.5. The minimum Gasteiger partial charge on any atom is -0.377 e. The number of pyridine rings is 1. The van der Waals surface area contributed by atoms with Gasteiger partial charge in [-0.1, -0.05) is 6.07 Å². The Kier molecular flexibility index (Phi) is 5.65. The van der Waals surface area contributed by atoms with Gasteiger partial charge in [-0.2, -0.15) is 0 Å². The van der Waals surface area contributed by atoms with Crippen LogP contribution in [0.3, 0.4) is 0 Å². The predicted octanol–water partition coefficient (Wildman–Crippen LogP) is 2.10. The highest BCUT2D eigenvalue weighted by atomic mass is 32.2. The van der Waals surface area contributed by atoms with E-state index in [-0.39, 0.29) is 23.5 Å². The molecule has 2 heterocycles. The van der Waals surface area contributed by atoms with Gasteiger partial charge in [0.25, 0.3) is 5.91 Å². The number of benzene rings is 1. The Bertz CT molecular complexity index is 876. The Morgan fingerprint density at radius 3 is 2.69 bits per heavy atom. The average Bonchev–Trinajstić information content (AvgIpc) is 3.16. The Labute approximate surface area is 152 Å². The van der Waals surface area contributed by atoms with Crippen molar-refractivity contribution in [2.45, 2.75) is 30.8 Å². The summed E-state index contributed by atoms with van der Waals surface area (Å²) in [6.07, 6.45) is 3.33. The number of aryl methyl sites for hydroxylation is 1. The van der Waals surface area contributed by atoms with Crippen molar-refractivity contribution >= 4 is 21.7 Å². The fourth-order valence-corrected chi connectivity index (χ4v) is 3.74. The number of rotatable bonds is 6. The molecule has 2 N–H and O–H groups in total. The molecular formula is C18H21N3O4S. The lowest BCUT2D eigenvalue weighted by Gasteiger charge is -2.12. The highest BCUT2D eigenvalue weighted by molar-refractivity contribution is 7.89. The van der Waals surface area contributed by atoms with E-state index in [1.807, 2.05) is 13.0 Å². The van der Waals surface area contributed by atoms with Gasteiger partial charge in [-0.25, -0.2) is 18.1 Å². The first-order valence-electron chi connectivity index (χ1n) is 8.40. The first-order valence-corrected chi connectivity index (χ1v) is 9.88. The van der Waals surface area contributed by atoms with Gasteiger partial charge >= 0.3 is 0 Å². The van der Waals surface area contributed by atoms with Crippen LogP contribution in [0, 0.1) is 6.92 Å². The number of anilines is 1. The third-order valence-electron chi connectivity index (χ3n) is 4.19. The molecule has 0 bridgehead atoms. The normalized spacial score (nSPS) is 17.2. The van der Waals surface area contributed by atoms with Gasteiger partial charge in [-0.05, 0) is 55.7 Å². The maximum Gasteiger partial charge on any atom is 0.256 e. The van der Waals surface area contributed by atoms with Crippen LogP contribution < -0.4 is 10.0 Å². The minimum absolute atomic E-state index is 0.0727. The summed E-state index contributed by atoms with van der Waals surface area (Å²) in [4.78, 5) is 16.5. The number of sulfonamides is 1. The molecule has 8 heteroatoms. The van der Waals surface area contributed by atoms with Crippen molar-refractivity contribution in [3.05, 3.63) is 53.7 Å². The van der Waals surface area contributed by atoms with Gasteiger partial charge in [0.15, 0.2) is 0 Å². The number of carbonyl (C=O) groups is 1. The van der Waals surface area contributed by atoms with Crippen molar-refractivity contribution in [2.24, 2.45) is 0 Å². The zero-order valence-electron chi connectivity index (χ0n) is 14.4. The number of nitrogens with one attached hydrogen (secondary N) is 2. The van der Waals surface area contributed by atoms with E-state index in [9.17, 15) is 13.2 Å². The van der Waals surface area contributed by atoms with Gasteiger partial charge in [0, 0.05) is 24.9 Å². The van der Waals surface area contributed by atoms with Crippen LogP contribution in [0.2, 0.25) is 0 Å². The van der Waals surface area contributed by atoms with Crippen molar-refractivity contribution < 1.29 is 17.9 Å². The summed E-state index contributed by atoms with van der Waals surface area (Å²) in [5.74, 6) is 0.135. The average molecular weight is 375 g/mol. The van der Waals surface area contributed by atoms with Crippen molar-refractivity contribution in [2.75, 3.05) is 18.5 Å². The Morgan fingerprint density at radius 2 is 2.04 bits per heavy atom. The molecule has 1 saturated heterocycles. The lowest BCUT2D eigenvalue weighted by Crippen LogP contribution is -2.31. The van der Waals surface area contributed by atoms with E-state index in [1.165, 1.54) is 24.3 Å². The summed E-state index contributed by atoms with van der Waals surface area (Å²) >= 11 is 0. The molecule has 0 spiro atoms. The van der Waals surface area contributed by atoms with Gasteiger partial charge in [0.1, 0.15) is 5.82 Å². The molecule has 1 atom stereocenters. The molecule has 3 rings (SSSR count). The van der Waals surface area contributed by atoms with Crippen LogP contribution in [0.15, 0.2) is 47.5 Å². The van der Waals surface area contributed by atoms with Crippen LogP contribution in [0.25, 0.3) is 0 Å². The molecule has 0 aliphatic carbocycles. The summed E-state index contributed by atoms with van der Waals surface area (Å²) in [6, 6.07) is 9.42. The molecule has 0 radical (unpaired) electrons. The molecule has 1 aliphatic rings. The third kappa shape index (κ3) is 4.46. The van der Waals surface area contributed by atoms with Crippen LogP contribution in [-0.4, -0.2) is 38.6 Å². The summed E-state index contributed by atoms with van der Waals surface area (Å²) < 4.78 is 32.6. The van der Waals surface area contributed by atoms with Crippen LogP contribution in [0.1, 0.15) is 28.8 Å². The Balaban J connectivity index is 1.65. The van der Waals surface area contributed by atoms with Gasteiger partial charge in [0.05, 0.1) is 11.0 Å². The molecular weight excluding hydrogens is 354 g/mol. The largest absolute Gasteiger partial charge is 0.377 e. The fraction of sp³-hybridized carbons (Fsp3) is 0.333. The molecule has 138 valence electrons. The molecule has 1 aromatic carbocycles. The molecule has 26 heavy (non-hydrogen) atoms. The van der Waals surface area contributed by atoms with Crippen LogP contribution in [-0.2, 0) is 14.8 Å². The molecule has 0 saturated carbocycles. The van der Waals surface area contributed by atoms with Crippen LogP contribution >= 0.6 is 0 Å². The predicted molar refractivity (Wildman–Crippen MR) is 97.5 cm³/mol. The zero-order valence-corrected chi connectivity index (χ0v) is 15.3. The molecule has 1 aliphatic heterocycles. The monoisotopic (exact) mass is 375 g/mol. The maximum absolute atomic E-state index is 12.3. The number of amides is 1. The molecule has 1 fully saturated rings. The van der Waals surface area contributed by atoms with Crippen LogP contribution in [0.5, 0.6) is 0 Å². The smallest absolute Gasteiger partial charge is 0.256 e. The topological polar surface area (TPSA) is 97.4 Å². The van der Waals surface area contributed by atoms with E-state index in [2.05, 4.69) is 15.0 Å². The second-order valence-corrected chi connectivity index (χ2v) is 7.90. The molecule has 7 nitrogen and oxygen atoms in total. The van der Waals surface area contributed by atoms with Gasteiger partial charge in [0.2, 0.25) is 10.0 Å². The highest BCUT2D eigenvalue weighted by Gasteiger charge is 2.20. The van der Waals surface area contributed by atoms with E-state index in [4.69, 9.17) is 4.74 Å². The van der Waals surface area contributed by atoms with E-state index in [1.54, 1.807) is 12.3 Å².